The van der Waals surface area contributed by atoms with E-state index in [4.69, 9.17) is 5.11 Å². The normalized spacial score (nSPS) is 22.7. The van der Waals surface area contributed by atoms with Crippen molar-refractivity contribution in [1.29, 1.82) is 0 Å². The smallest absolute Gasteiger partial charge is 0.306 e. The zero-order chi connectivity index (χ0) is 13.2. The van der Waals surface area contributed by atoms with Crippen molar-refractivity contribution in [2.45, 2.75) is 19.3 Å². The van der Waals surface area contributed by atoms with Gasteiger partial charge >= 0.3 is 5.97 Å². The third kappa shape index (κ3) is 2.40. The molecule has 2 aromatic heterocycles. The van der Waals surface area contributed by atoms with Crippen LogP contribution in [0.15, 0.2) is 17.8 Å². The molecule has 2 heterocycles. The van der Waals surface area contributed by atoms with Crippen LogP contribution in [0, 0.1) is 11.8 Å². The first-order valence-corrected chi connectivity index (χ1v) is 7.28. The lowest BCUT2D eigenvalue weighted by Gasteiger charge is -2.16. The number of aliphatic carboxylic acids is 1. The number of aromatic nitrogens is 2. The fraction of sp³-hybridized carbons (Fsp3) is 0.462. The number of nitrogens with zero attached hydrogens (tertiary/aromatic N) is 2. The molecule has 2 unspecified atom stereocenters. The fourth-order valence-electron chi connectivity index (χ4n) is 2.75. The molecule has 1 aliphatic carbocycles. The average Bonchev–Trinajstić information content (AvgIpc) is 3.04. The van der Waals surface area contributed by atoms with Crippen molar-refractivity contribution in [3.05, 3.63) is 17.8 Å². The van der Waals surface area contributed by atoms with Crippen LogP contribution >= 0.6 is 11.3 Å². The second-order valence-electron chi connectivity index (χ2n) is 4.87. The van der Waals surface area contributed by atoms with E-state index in [1.54, 1.807) is 17.7 Å². The third-order valence-electron chi connectivity index (χ3n) is 3.75. The van der Waals surface area contributed by atoms with Crippen molar-refractivity contribution in [3.8, 4) is 0 Å². The summed E-state index contributed by atoms with van der Waals surface area (Å²) in [4.78, 5) is 19.6. The first-order valence-electron chi connectivity index (χ1n) is 6.40. The van der Waals surface area contributed by atoms with Gasteiger partial charge in [0.05, 0.1) is 16.1 Å². The summed E-state index contributed by atoms with van der Waals surface area (Å²) in [6.07, 6.45) is 4.31. The summed E-state index contributed by atoms with van der Waals surface area (Å²) in [6, 6.07) is 1.96. The zero-order valence-corrected chi connectivity index (χ0v) is 11.2. The topological polar surface area (TPSA) is 75.1 Å². The summed E-state index contributed by atoms with van der Waals surface area (Å²) in [5.41, 5.74) is 0.934. The monoisotopic (exact) mass is 277 g/mol. The second-order valence-corrected chi connectivity index (χ2v) is 5.79. The Balaban J connectivity index is 1.72. The van der Waals surface area contributed by atoms with E-state index in [1.165, 1.54) is 0 Å². The van der Waals surface area contributed by atoms with Crippen LogP contribution in [-0.4, -0.2) is 27.6 Å². The molecule has 1 fully saturated rings. The molecule has 5 nitrogen and oxygen atoms in total. The lowest BCUT2D eigenvalue weighted by Crippen LogP contribution is -2.24. The number of thiophene rings is 1. The van der Waals surface area contributed by atoms with Crippen molar-refractivity contribution >= 4 is 33.3 Å². The van der Waals surface area contributed by atoms with Gasteiger partial charge < -0.3 is 10.4 Å². The Morgan fingerprint density at radius 3 is 3.21 bits per heavy atom. The van der Waals surface area contributed by atoms with Crippen molar-refractivity contribution < 1.29 is 9.90 Å². The fourth-order valence-corrected chi connectivity index (χ4v) is 3.56. The van der Waals surface area contributed by atoms with Crippen molar-refractivity contribution in [2.75, 3.05) is 11.9 Å². The highest BCUT2D eigenvalue weighted by Crippen LogP contribution is 2.33. The van der Waals surface area contributed by atoms with E-state index in [1.807, 2.05) is 11.4 Å². The first kappa shape index (κ1) is 12.3. The molecule has 6 heteroatoms. The maximum atomic E-state index is 11.1. The molecule has 0 aliphatic heterocycles. The number of hydrogen-bond donors (Lipinski definition) is 2. The van der Waals surface area contributed by atoms with Crippen molar-refractivity contribution in [2.24, 2.45) is 11.8 Å². The number of anilines is 1. The van der Waals surface area contributed by atoms with Crippen LogP contribution in [-0.2, 0) is 4.79 Å². The third-order valence-corrected chi connectivity index (χ3v) is 4.66. The summed E-state index contributed by atoms with van der Waals surface area (Å²) in [5, 5.41) is 14.5. The van der Waals surface area contributed by atoms with E-state index in [9.17, 15) is 4.79 Å². The number of fused-ring (bicyclic) bond motifs is 1. The summed E-state index contributed by atoms with van der Waals surface area (Å²) in [7, 11) is 0. The van der Waals surface area contributed by atoms with Gasteiger partial charge in [-0.05, 0) is 30.2 Å². The number of carbonyl (C=O) groups is 1. The molecule has 2 atom stereocenters. The molecular weight excluding hydrogens is 262 g/mol. The molecule has 0 aromatic carbocycles. The molecule has 2 aromatic rings. The molecule has 3 rings (SSSR count). The minimum atomic E-state index is -0.673. The lowest BCUT2D eigenvalue weighted by molar-refractivity contribution is -0.142. The molecule has 2 N–H and O–H groups in total. The molecule has 0 bridgehead atoms. The van der Waals surface area contributed by atoms with Gasteiger partial charge in [0.25, 0.3) is 0 Å². The summed E-state index contributed by atoms with van der Waals surface area (Å²) >= 11 is 1.60. The van der Waals surface area contributed by atoms with Gasteiger partial charge in [-0.2, -0.15) is 0 Å². The lowest BCUT2D eigenvalue weighted by atomic mass is 9.96. The molecule has 100 valence electrons. The Bertz CT molecular complexity index is 598. The van der Waals surface area contributed by atoms with Crippen molar-refractivity contribution in [1.82, 2.24) is 9.97 Å². The van der Waals surface area contributed by atoms with E-state index in [0.29, 0.717) is 6.54 Å². The van der Waals surface area contributed by atoms with Gasteiger partial charge in [0.1, 0.15) is 12.1 Å². The van der Waals surface area contributed by atoms with E-state index >= 15 is 0 Å². The highest BCUT2D eigenvalue weighted by molar-refractivity contribution is 7.17. The van der Waals surface area contributed by atoms with Gasteiger partial charge in [-0.15, -0.1) is 11.3 Å². The number of nitrogens with one attached hydrogen (secondary N) is 1. The molecule has 19 heavy (non-hydrogen) atoms. The predicted molar refractivity (Wildman–Crippen MR) is 74.4 cm³/mol. The molecule has 0 amide bonds. The quantitative estimate of drug-likeness (QED) is 0.898. The summed E-state index contributed by atoms with van der Waals surface area (Å²) in [6.45, 7) is 0.668. The Hall–Kier alpha value is -1.69. The van der Waals surface area contributed by atoms with Crippen LogP contribution in [0.25, 0.3) is 10.2 Å². The van der Waals surface area contributed by atoms with E-state index < -0.39 is 5.97 Å². The van der Waals surface area contributed by atoms with Gasteiger partial charge in [0.2, 0.25) is 0 Å². The van der Waals surface area contributed by atoms with Crippen LogP contribution < -0.4 is 5.32 Å². The predicted octanol–water partition coefficient (Wildman–Crippen LogP) is 2.60. The molecule has 0 saturated heterocycles. The maximum absolute atomic E-state index is 11.1. The largest absolute Gasteiger partial charge is 0.481 e. The Kier molecular flexibility index (Phi) is 3.33. The van der Waals surface area contributed by atoms with Crippen LogP contribution in [0.5, 0.6) is 0 Å². The molecule has 1 saturated carbocycles. The molecule has 0 spiro atoms. The number of rotatable bonds is 4. The highest BCUT2D eigenvalue weighted by Gasteiger charge is 2.32. The van der Waals surface area contributed by atoms with E-state index in [0.717, 1.165) is 35.3 Å². The van der Waals surface area contributed by atoms with Crippen LogP contribution in [0.2, 0.25) is 0 Å². The number of carboxylic acid groups (broad SMARTS) is 1. The molecule has 0 radical (unpaired) electrons. The van der Waals surface area contributed by atoms with Gasteiger partial charge in [-0.1, -0.05) is 6.42 Å². The Morgan fingerprint density at radius 2 is 2.37 bits per heavy atom. The van der Waals surface area contributed by atoms with Crippen molar-refractivity contribution in [3.63, 3.8) is 0 Å². The van der Waals surface area contributed by atoms with E-state index in [2.05, 4.69) is 15.3 Å². The maximum Gasteiger partial charge on any atom is 0.306 e. The zero-order valence-electron chi connectivity index (χ0n) is 10.4. The first-order chi connectivity index (χ1) is 9.25. The molecular formula is C13H15N3O2S. The minimum absolute atomic E-state index is 0.197. The van der Waals surface area contributed by atoms with Gasteiger partial charge in [0.15, 0.2) is 0 Å². The SMILES string of the molecule is O=C(O)C1CCCC1CNc1ncnc2ccsc12. The average molecular weight is 277 g/mol. The Morgan fingerprint density at radius 1 is 1.47 bits per heavy atom. The number of carboxylic acids is 1. The number of hydrogen-bond acceptors (Lipinski definition) is 5. The minimum Gasteiger partial charge on any atom is -0.481 e. The van der Waals surface area contributed by atoms with Crippen LogP contribution in [0.4, 0.5) is 5.82 Å². The van der Waals surface area contributed by atoms with Gasteiger partial charge in [-0.25, -0.2) is 9.97 Å². The molecule has 1 aliphatic rings. The standard InChI is InChI=1S/C13H15N3O2S/c17-13(18)9-3-1-2-8(9)6-14-12-11-10(4-5-19-11)15-7-16-12/h4-5,7-9H,1-3,6H2,(H,17,18)(H,14,15,16). The van der Waals surface area contributed by atoms with Gasteiger partial charge in [0, 0.05) is 6.54 Å². The summed E-state index contributed by atoms with van der Waals surface area (Å²) < 4.78 is 1.03. The van der Waals surface area contributed by atoms with Gasteiger partial charge in [-0.3, -0.25) is 4.79 Å². The second kappa shape index (κ2) is 5.13. The van der Waals surface area contributed by atoms with Crippen LogP contribution in [0.3, 0.4) is 0 Å². The van der Waals surface area contributed by atoms with Crippen LogP contribution in [0.1, 0.15) is 19.3 Å². The Labute approximate surface area is 114 Å². The highest BCUT2D eigenvalue weighted by atomic mass is 32.1. The summed E-state index contributed by atoms with van der Waals surface area (Å²) in [5.74, 6) is 0.125. The van der Waals surface area contributed by atoms with E-state index in [-0.39, 0.29) is 11.8 Å².